The Labute approximate surface area is 114 Å². The van der Waals surface area contributed by atoms with Gasteiger partial charge in [0.25, 0.3) is 0 Å². The van der Waals surface area contributed by atoms with Crippen molar-refractivity contribution in [2.75, 3.05) is 20.0 Å². The van der Waals surface area contributed by atoms with Gasteiger partial charge in [-0.15, -0.1) is 0 Å². The number of hydrogen-bond acceptors (Lipinski definition) is 4. The Morgan fingerprint density at radius 2 is 2.05 bits per heavy atom. The van der Waals surface area contributed by atoms with Crippen molar-refractivity contribution in [2.24, 2.45) is 5.92 Å². The third kappa shape index (κ3) is 4.11. The summed E-state index contributed by atoms with van der Waals surface area (Å²) in [7, 11) is 0. The Morgan fingerprint density at radius 3 is 2.84 bits per heavy atom. The zero-order chi connectivity index (χ0) is 13.7. The van der Waals surface area contributed by atoms with Crippen LogP contribution in [0.15, 0.2) is 18.2 Å². The van der Waals surface area contributed by atoms with Gasteiger partial charge in [0.05, 0.1) is 6.61 Å². The fourth-order valence-corrected chi connectivity index (χ4v) is 2.01. The van der Waals surface area contributed by atoms with E-state index < -0.39 is 6.10 Å². The molecule has 1 aromatic carbocycles. The van der Waals surface area contributed by atoms with E-state index in [-0.39, 0.29) is 6.79 Å². The van der Waals surface area contributed by atoms with E-state index in [0.29, 0.717) is 24.9 Å². The van der Waals surface area contributed by atoms with Crippen LogP contribution >= 0.6 is 0 Å². The van der Waals surface area contributed by atoms with Gasteiger partial charge in [-0.2, -0.15) is 0 Å². The maximum absolute atomic E-state index is 10.0. The second-order valence-electron chi connectivity index (χ2n) is 5.24. The number of benzene rings is 1. The molecule has 0 aromatic heterocycles. The first-order chi connectivity index (χ1) is 9.16. The lowest BCUT2D eigenvalue weighted by molar-refractivity contribution is 0.0337. The van der Waals surface area contributed by atoms with Gasteiger partial charge in [0.15, 0.2) is 11.5 Å². The van der Waals surface area contributed by atoms with E-state index in [1.54, 1.807) is 0 Å². The Morgan fingerprint density at radius 1 is 1.26 bits per heavy atom. The zero-order valence-corrected chi connectivity index (χ0v) is 11.6. The highest BCUT2D eigenvalue weighted by molar-refractivity contribution is 5.45. The van der Waals surface area contributed by atoms with Crippen LogP contribution < -0.4 is 9.47 Å². The van der Waals surface area contributed by atoms with Gasteiger partial charge in [0.1, 0.15) is 6.10 Å². The van der Waals surface area contributed by atoms with Gasteiger partial charge in [-0.3, -0.25) is 0 Å². The Kier molecular flexibility index (Phi) is 5.05. The molecule has 1 atom stereocenters. The summed E-state index contributed by atoms with van der Waals surface area (Å²) in [6.45, 7) is 5.65. The van der Waals surface area contributed by atoms with Crippen LogP contribution in [0.25, 0.3) is 0 Å². The summed E-state index contributed by atoms with van der Waals surface area (Å²) in [6, 6.07) is 5.47. The maximum Gasteiger partial charge on any atom is 0.231 e. The molecule has 4 heteroatoms. The third-order valence-electron chi connectivity index (χ3n) is 3.13. The Bertz CT molecular complexity index is 403. The van der Waals surface area contributed by atoms with E-state index in [1.807, 2.05) is 18.2 Å². The SMILES string of the molecule is CC(C)CCCOCC(O)c1ccc2c(c1)OCO2. The Balaban J connectivity index is 1.75. The average Bonchev–Trinajstić information content (AvgIpc) is 2.84. The van der Waals surface area contributed by atoms with E-state index in [1.165, 1.54) is 0 Å². The summed E-state index contributed by atoms with van der Waals surface area (Å²) in [5, 5.41) is 10.0. The normalized spacial score (nSPS) is 14.9. The van der Waals surface area contributed by atoms with Crippen LogP contribution in [0.4, 0.5) is 0 Å². The molecule has 1 aromatic rings. The second kappa shape index (κ2) is 6.78. The second-order valence-corrected chi connectivity index (χ2v) is 5.24. The molecular weight excluding hydrogens is 244 g/mol. The maximum atomic E-state index is 10.0. The van der Waals surface area contributed by atoms with Gasteiger partial charge in [-0.25, -0.2) is 0 Å². The van der Waals surface area contributed by atoms with Crippen LogP contribution in [0.2, 0.25) is 0 Å². The third-order valence-corrected chi connectivity index (χ3v) is 3.13. The van der Waals surface area contributed by atoms with Crippen LogP contribution in [0.1, 0.15) is 38.4 Å². The molecule has 1 aliphatic rings. The van der Waals surface area contributed by atoms with Crippen molar-refractivity contribution >= 4 is 0 Å². The first-order valence-electron chi connectivity index (χ1n) is 6.82. The quantitative estimate of drug-likeness (QED) is 0.771. The van der Waals surface area contributed by atoms with Gasteiger partial charge in [0, 0.05) is 6.61 Å². The summed E-state index contributed by atoms with van der Waals surface area (Å²) in [5.41, 5.74) is 0.799. The molecule has 4 nitrogen and oxygen atoms in total. The molecule has 19 heavy (non-hydrogen) atoms. The molecule has 1 unspecified atom stereocenters. The molecule has 0 aliphatic carbocycles. The van der Waals surface area contributed by atoms with Crippen molar-refractivity contribution in [3.8, 4) is 11.5 Å². The van der Waals surface area contributed by atoms with E-state index in [4.69, 9.17) is 14.2 Å². The zero-order valence-electron chi connectivity index (χ0n) is 11.6. The first kappa shape index (κ1) is 14.2. The van der Waals surface area contributed by atoms with E-state index >= 15 is 0 Å². The van der Waals surface area contributed by atoms with E-state index in [9.17, 15) is 5.11 Å². The number of aliphatic hydroxyl groups is 1. The predicted octanol–water partition coefficient (Wildman–Crippen LogP) is 2.90. The monoisotopic (exact) mass is 266 g/mol. The molecule has 0 bridgehead atoms. The topological polar surface area (TPSA) is 47.9 Å². The average molecular weight is 266 g/mol. The summed E-state index contributed by atoms with van der Waals surface area (Å²) in [4.78, 5) is 0. The van der Waals surface area contributed by atoms with Gasteiger partial charge >= 0.3 is 0 Å². The highest BCUT2D eigenvalue weighted by Crippen LogP contribution is 2.34. The minimum absolute atomic E-state index is 0.251. The molecule has 0 amide bonds. The highest BCUT2D eigenvalue weighted by Gasteiger charge is 2.16. The van der Waals surface area contributed by atoms with Crippen LogP contribution in [0.5, 0.6) is 11.5 Å². The van der Waals surface area contributed by atoms with Gasteiger partial charge in [-0.1, -0.05) is 19.9 Å². The summed E-state index contributed by atoms with van der Waals surface area (Å²) in [6.07, 6.45) is 1.57. The minimum atomic E-state index is -0.617. The van der Waals surface area contributed by atoms with Gasteiger partial charge < -0.3 is 19.3 Å². The van der Waals surface area contributed by atoms with Crippen LogP contribution in [0.3, 0.4) is 0 Å². The molecule has 0 saturated carbocycles. The summed E-state index contributed by atoms with van der Waals surface area (Å²) in [5.74, 6) is 2.12. The fourth-order valence-electron chi connectivity index (χ4n) is 2.01. The molecule has 0 spiro atoms. The number of rotatable bonds is 7. The minimum Gasteiger partial charge on any atom is -0.454 e. The largest absolute Gasteiger partial charge is 0.454 e. The standard InChI is InChI=1S/C15H22O4/c1-11(2)4-3-7-17-9-13(16)12-5-6-14-15(8-12)19-10-18-14/h5-6,8,11,13,16H,3-4,7,9-10H2,1-2H3. The number of ether oxygens (including phenoxy) is 3. The lowest BCUT2D eigenvalue weighted by atomic mass is 10.1. The molecule has 0 saturated heterocycles. The summed E-state index contributed by atoms with van der Waals surface area (Å²) < 4.78 is 16.0. The van der Waals surface area contributed by atoms with Gasteiger partial charge in [-0.05, 0) is 36.5 Å². The van der Waals surface area contributed by atoms with Gasteiger partial charge in [0.2, 0.25) is 6.79 Å². The molecule has 1 heterocycles. The molecule has 1 aliphatic heterocycles. The van der Waals surface area contributed by atoms with Crippen LogP contribution in [0, 0.1) is 5.92 Å². The van der Waals surface area contributed by atoms with Crippen LogP contribution in [-0.2, 0) is 4.74 Å². The van der Waals surface area contributed by atoms with Crippen molar-refractivity contribution in [2.45, 2.75) is 32.8 Å². The number of fused-ring (bicyclic) bond motifs is 1. The molecule has 1 N–H and O–H groups in total. The molecular formula is C15H22O4. The fraction of sp³-hybridized carbons (Fsp3) is 0.600. The van der Waals surface area contributed by atoms with Crippen LogP contribution in [-0.4, -0.2) is 25.1 Å². The van der Waals surface area contributed by atoms with Crippen molar-refractivity contribution in [1.82, 2.24) is 0 Å². The van der Waals surface area contributed by atoms with Crippen molar-refractivity contribution in [1.29, 1.82) is 0 Å². The smallest absolute Gasteiger partial charge is 0.231 e. The van der Waals surface area contributed by atoms with Crippen molar-refractivity contribution in [3.63, 3.8) is 0 Å². The summed E-state index contributed by atoms with van der Waals surface area (Å²) >= 11 is 0. The lowest BCUT2D eigenvalue weighted by Crippen LogP contribution is -2.08. The molecule has 106 valence electrons. The highest BCUT2D eigenvalue weighted by atomic mass is 16.7. The molecule has 0 radical (unpaired) electrons. The Hall–Kier alpha value is -1.26. The van der Waals surface area contributed by atoms with E-state index in [0.717, 1.165) is 24.2 Å². The van der Waals surface area contributed by atoms with Crippen molar-refractivity contribution < 1.29 is 19.3 Å². The number of aliphatic hydroxyl groups excluding tert-OH is 1. The van der Waals surface area contributed by atoms with E-state index in [2.05, 4.69) is 13.8 Å². The molecule has 2 rings (SSSR count). The molecule has 0 fully saturated rings. The van der Waals surface area contributed by atoms with Crippen molar-refractivity contribution in [3.05, 3.63) is 23.8 Å². The predicted molar refractivity (Wildman–Crippen MR) is 72.4 cm³/mol. The number of hydrogen-bond donors (Lipinski definition) is 1. The lowest BCUT2D eigenvalue weighted by Gasteiger charge is -2.12. The first-order valence-corrected chi connectivity index (χ1v) is 6.82.